The Kier molecular flexibility index (Phi) is 3.98. The maximum Gasteiger partial charge on any atom is 0.410 e. The molecule has 0 spiro atoms. The molecule has 0 aromatic carbocycles. The highest BCUT2D eigenvalue weighted by molar-refractivity contribution is 5.75. The molecule has 2 atom stereocenters. The van der Waals surface area contributed by atoms with Crippen molar-refractivity contribution in [2.45, 2.75) is 45.5 Å². The van der Waals surface area contributed by atoms with Gasteiger partial charge in [-0.1, -0.05) is 0 Å². The van der Waals surface area contributed by atoms with E-state index in [0.717, 1.165) is 0 Å². The highest BCUT2D eigenvalue weighted by Crippen LogP contribution is 2.15. The highest BCUT2D eigenvalue weighted by Gasteiger charge is 2.34. The summed E-state index contributed by atoms with van der Waals surface area (Å²) in [6.07, 6.45) is -1.79. The summed E-state index contributed by atoms with van der Waals surface area (Å²) in [5.74, 6) is -1.06. The average Bonchev–Trinajstić information content (AvgIpc) is 2.13. The Morgan fingerprint density at radius 2 is 1.94 bits per heavy atom. The standard InChI is InChI=1S/C11H19NO5/c1-7-5-12(6-8(16-7)9(13)14)10(15)17-11(2,3)4/h7-8H,5-6H2,1-4H3,(H,13,14)/t7-,8+/m1/s1. The predicted octanol–water partition coefficient (Wildman–Crippen LogP) is 1.10. The number of carbonyl (C=O) groups excluding carboxylic acids is 1. The molecule has 6 heteroatoms. The molecule has 0 saturated carbocycles. The van der Waals surface area contributed by atoms with Crippen molar-refractivity contribution < 1.29 is 24.2 Å². The van der Waals surface area contributed by atoms with Gasteiger partial charge in [-0.15, -0.1) is 0 Å². The number of aliphatic carboxylic acids is 1. The number of nitrogens with zero attached hydrogens (tertiary/aromatic N) is 1. The normalized spacial score (nSPS) is 25.5. The van der Waals surface area contributed by atoms with Crippen LogP contribution < -0.4 is 0 Å². The van der Waals surface area contributed by atoms with Gasteiger partial charge in [-0.05, 0) is 27.7 Å². The van der Waals surface area contributed by atoms with Crippen molar-refractivity contribution in [2.24, 2.45) is 0 Å². The number of carboxylic acids is 1. The van der Waals surface area contributed by atoms with Gasteiger partial charge in [0.25, 0.3) is 0 Å². The van der Waals surface area contributed by atoms with Crippen LogP contribution in [0.1, 0.15) is 27.7 Å². The summed E-state index contributed by atoms with van der Waals surface area (Å²) in [6.45, 7) is 7.40. The quantitative estimate of drug-likeness (QED) is 0.748. The van der Waals surface area contributed by atoms with Crippen molar-refractivity contribution in [1.82, 2.24) is 4.90 Å². The van der Waals surface area contributed by atoms with Crippen LogP contribution in [-0.2, 0) is 14.3 Å². The number of hydrogen-bond donors (Lipinski definition) is 1. The lowest BCUT2D eigenvalue weighted by Crippen LogP contribution is -2.52. The first-order valence-corrected chi connectivity index (χ1v) is 5.55. The van der Waals surface area contributed by atoms with E-state index in [-0.39, 0.29) is 12.6 Å². The van der Waals surface area contributed by atoms with E-state index in [1.165, 1.54) is 4.90 Å². The Morgan fingerprint density at radius 3 is 2.41 bits per heavy atom. The average molecular weight is 245 g/mol. The minimum atomic E-state index is -1.06. The van der Waals surface area contributed by atoms with Crippen molar-refractivity contribution in [3.63, 3.8) is 0 Å². The lowest BCUT2D eigenvalue weighted by Gasteiger charge is -2.35. The third kappa shape index (κ3) is 4.22. The number of amides is 1. The van der Waals surface area contributed by atoms with Gasteiger partial charge in [0.15, 0.2) is 6.10 Å². The van der Waals surface area contributed by atoms with Crippen LogP contribution in [0.3, 0.4) is 0 Å². The van der Waals surface area contributed by atoms with Gasteiger partial charge in [-0.3, -0.25) is 0 Å². The summed E-state index contributed by atoms with van der Waals surface area (Å²) < 4.78 is 10.4. The molecule has 0 bridgehead atoms. The molecule has 1 fully saturated rings. The second kappa shape index (κ2) is 4.91. The first-order valence-electron chi connectivity index (χ1n) is 5.55. The van der Waals surface area contributed by atoms with E-state index < -0.39 is 23.8 Å². The summed E-state index contributed by atoms with van der Waals surface area (Å²) in [4.78, 5) is 24.0. The largest absolute Gasteiger partial charge is 0.479 e. The van der Waals surface area contributed by atoms with Gasteiger partial charge in [0.2, 0.25) is 0 Å². The third-order valence-corrected chi connectivity index (χ3v) is 2.19. The molecule has 6 nitrogen and oxygen atoms in total. The van der Waals surface area contributed by atoms with E-state index in [4.69, 9.17) is 14.6 Å². The van der Waals surface area contributed by atoms with Crippen LogP contribution in [0.5, 0.6) is 0 Å². The molecule has 0 unspecified atom stereocenters. The van der Waals surface area contributed by atoms with E-state index in [9.17, 15) is 9.59 Å². The fourth-order valence-electron chi connectivity index (χ4n) is 1.56. The maximum atomic E-state index is 11.8. The van der Waals surface area contributed by atoms with Crippen LogP contribution in [0.4, 0.5) is 4.79 Å². The molecule has 1 aliphatic rings. The molecular weight excluding hydrogens is 226 g/mol. The van der Waals surface area contributed by atoms with E-state index in [1.807, 2.05) is 0 Å². The van der Waals surface area contributed by atoms with Crippen LogP contribution in [-0.4, -0.2) is 53.0 Å². The molecule has 1 N–H and O–H groups in total. The molecule has 98 valence electrons. The van der Waals surface area contributed by atoms with Crippen molar-refractivity contribution >= 4 is 12.1 Å². The SMILES string of the molecule is C[C@@H]1CN(C(=O)OC(C)(C)C)C[C@@H](C(=O)O)O1. The zero-order valence-corrected chi connectivity index (χ0v) is 10.6. The van der Waals surface area contributed by atoms with Gasteiger partial charge >= 0.3 is 12.1 Å². The van der Waals surface area contributed by atoms with E-state index >= 15 is 0 Å². The summed E-state index contributed by atoms with van der Waals surface area (Å²) in [6, 6.07) is 0. The van der Waals surface area contributed by atoms with Crippen molar-refractivity contribution in [2.75, 3.05) is 13.1 Å². The van der Waals surface area contributed by atoms with E-state index in [2.05, 4.69) is 0 Å². The van der Waals surface area contributed by atoms with Crippen LogP contribution in [0.2, 0.25) is 0 Å². The first-order chi connectivity index (χ1) is 7.69. The number of carboxylic acid groups (broad SMARTS) is 1. The summed E-state index contributed by atoms with van der Waals surface area (Å²) in [5.41, 5.74) is -0.586. The van der Waals surface area contributed by atoms with Gasteiger partial charge in [0.1, 0.15) is 5.60 Å². The number of ether oxygens (including phenoxy) is 2. The van der Waals surface area contributed by atoms with Crippen LogP contribution in [0.25, 0.3) is 0 Å². The summed E-state index contributed by atoms with van der Waals surface area (Å²) in [5, 5.41) is 8.88. The Labute approximate surface area is 100 Å². The minimum absolute atomic E-state index is 0.0224. The number of carbonyl (C=O) groups is 2. The molecule has 1 amide bonds. The fraction of sp³-hybridized carbons (Fsp3) is 0.818. The Morgan fingerprint density at radius 1 is 1.35 bits per heavy atom. The monoisotopic (exact) mass is 245 g/mol. The van der Waals surface area contributed by atoms with Crippen LogP contribution in [0.15, 0.2) is 0 Å². The summed E-state index contributed by atoms with van der Waals surface area (Å²) in [7, 11) is 0. The van der Waals surface area contributed by atoms with Crippen LogP contribution >= 0.6 is 0 Å². The van der Waals surface area contributed by atoms with Crippen molar-refractivity contribution in [1.29, 1.82) is 0 Å². The predicted molar refractivity (Wildman–Crippen MR) is 59.8 cm³/mol. The van der Waals surface area contributed by atoms with E-state index in [0.29, 0.717) is 6.54 Å². The molecule has 0 aliphatic carbocycles. The molecule has 1 rings (SSSR count). The smallest absolute Gasteiger partial charge is 0.410 e. The zero-order valence-electron chi connectivity index (χ0n) is 10.6. The molecule has 0 radical (unpaired) electrons. The second-order valence-electron chi connectivity index (χ2n) is 5.16. The Balaban J connectivity index is 2.64. The maximum absolute atomic E-state index is 11.8. The summed E-state index contributed by atoms with van der Waals surface area (Å²) >= 11 is 0. The lowest BCUT2D eigenvalue weighted by molar-refractivity contribution is -0.161. The molecule has 1 aliphatic heterocycles. The number of hydrogen-bond acceptors (Lipinski definition) is 4. The first kappa shape index (κ1) is 13.8. The Bertz CT molecular complexity index is 309. The van der Waals surface area contributed by atoms with Gasteiger partial charge in [-0.2, -0.15) is 0 Å². The number of rotatable bonds is 1. The molecule has 1 heterocycles. The van der Waals surface area contributed by atoms with Crippen molar-refractivity contribution in [3.8, 4) is 0 Å². The third-order valence-electron chi connectivity index (χ3n) is 2.19. The Hall–Kier alpha value is -1.30. The highest BCUT2D eigenvalue weighted by atomic mass is 16.6. The topological polar surface area (TPSA) is 76.1 Å². The number of morpholine rings is 1. The fourth-order valence-corrected chi connectivity index (χ4v) is 1.56. The van der Waals surface area contributed by atoms with Gasteiger partial charge in [0, 0.05) is 0 Å². The molecule has 17 heavy (non-hydrogen) atoms. The molecule has 0 aromatic heterocycles. The van der Waals surface area contributed by atoms with Crippen LogP contribution in [0, 0.1) is 0 Å². The van der Waals surface area contributed by atoms with Gasteiger partial charge in [-0.25, -0.2) is 9.59 Å². The van der Waals surface area contributed by atoms with Gasteiger partial charge < -0.3 is 19.5 Å². The lowest BCUT2D eigenvalue weighted by atomic mass is 10.2. The van der Waals surface area contributed by atoms with E-state index in [1.54, 1.807) is 27.7 Å². The van der Waals surface area contributed by atoms with Crippen molar-refractivity contribution in [3.05, 3.63) is 0 Å². The molecular formula is C11H19NO5. The molecule has 1 saturated heterocycles. The molecule has 0 aromatic rings. The van der Waals surface area contributed by atoms with Gasteiger partial charge in [0.05, 0.1) is 19.2 Å². The minimum Gasteiger partial charge on any atom is -0.479 e. The zero-order chi connectivity index (χ0) is 13.2. The second-order valence-corrected chi connectivity index (χ2v) is 5.16.